The van der Waals surface area contributed by atoms with Crippen LogP contribution in [0.4, 0.5) is 0 Å². The summed E-state index contributed by atoms with van der Waals surface area (Å²) in [5.41, 5.74) is 1.23. The molecule has 1 aromatic heterocycles. The summed E-state index contributed by atoms with van der Waals surface area (Å²) in [6, 6.07) is 0. The lowest BCUT2D eigenvalue weighted by Crippen LogP contribution is -2.14. The first-order valence-corrected chi connectivity index (χ1v) is 6.05. The van der Waals surface area contributed by atoms with Gasteiger partial charge in [-0.05, 0) is 25.3 Å². The molecule has 0 atom stereocenters. The van der Waals surface area contributed by atoms with Gasteiger partial charge < -0.3 is 10.4 Å². The highest BCUT2D eigenvalue weighted by atomic mass is 35.5. The van der Waals surface area contributed by atoms with Crippen LogP contribution in [0.1, 0.15) is 32.3 Å². The average Bonchev–Trinajstić information content (AvgIpc) is 2.64. The second kappa shape index (κ2) is 9.45. The lowest BCUT2D eigenvalue weighted by atomic mass is 10.2. The third kappa shape index (κ3) is 7.36. The van der Waals surface area contributed by atoms with Crippen molar-refractivity contribution >= 4 is 12.4 Å². The first-order chi connectivity index (χ1) is 7.72. The van der Waals surface area contributed by atoms with Crippen LogP contribution in [-0.2, 0) is 13.1 Å². The summed E-state index contributed by atoms with van der Waals surface area (Å²) in [4.78, 5) is 0. The van der Waals surface area contributed by atoms with Crippen molar-refractivity contribution in [2.24, 2.45) is 5.92 Å². The summed E-state index contributed by atoms with van der Waals surface area (Å²) >= 11 is 0. The minimum atomic E-state index is 0. The third-order valence-electron chi connectivity index (χ3n) is 2.33. The minimum Gasteiger partial charge on any atom is -0.396 e. The normalized spacial score (nSPS) is 10.6. The van der Waals surface area contributed by atoms with Crippen molar-refractivity contribution in [2.45, 2.75) is 39.8 Å². The molecule has 1 rings (SSSR count). The number of hydrogen-bond acceptors (Lipinski definition) is 3. The number of unbranched alkanes of at least 4 members (excludes halogenated alkanes) is 1. The number of nitrogens with zero attached hydrogens (tertiary/aromatic N) is 2. The van der Waals surface area contributed by atoms with Crippen molar-refractivity contribution in [1.82, 2.24) is 15.1 Å². The summed E-state index contributed by atoms with van der Waals surface area (Å²) in [5.74, 6) is 0.630. The predicted octanol–water partition coefficient (Wildman–Crippen LogP) is 1.82. The number of aliphatic hydroxyl groups excluding tert-OH is 1. The van der Waals surface area contributed by atoms with E-state index in [9.17, 15) is 0 Å². The van der Waals surface area contributed by atoms with Crippen LogP contribution in [0.2, 0.25) is 0 Å². The van der Waals surface area contributed by atoms with Crippen molar-refractivity contribution in [3.63, 3.8) is 0 Å². The molecule has 0 unspecified atom stereocenters. The second-order valence-corrected chi connectivity index (χ2v) is 4.57. The number of nitrogens with one attached hydrogen (secondary N) is 1. The van der Waals surface area contributed by atoms with Gasteiger partial charge in [0.25, 0.3) is 0 Å². The molecule has 5 heteroatoms. The van der Waals surface area contributed by atoms with Crippen molar-refractivity contribution in [1.29, 1.82) is 0 Å². The Hall–Kier alpha value is -0.580. The molecule has 0 bridgehead atoms. The first kappa shape index (κ1) is 16.4. The van der Waals surface area contributed by atoms with E-state index >= 15 is 0 Å². The number of aromatic nitrogens is 2. The maximum atomic E-state index is 8.63. The largest absolute Gasteiger partial charge is 0.396 e. The highest BCUT2D eigenvalue weighted by molar-refractivity contribution is 5.85. The monoisotopic (exact) mass is 261 g/mol. The smallest absolute Gasteiger partial charge is 0.0534 e. The zero-order chi connectivity index (χ0) is 11.8. The Bertz CT molecular complexity index is 289. The molecule has 0 aliphatic rings. The van der Waals surface area contributed by atoms with Gasteiger partial charge in [-0.3, -0.25) is 4.68 Å². The van der Waals surface area contributed by atoms with Crippen LogP contribution in [0.25, 0.3) is 0 Å². The van der Waals surface area contributed by atoms with E-state index in [-0.39, 0.29) is 19.0 Å². The van der Waals surface area contributed by atoms with Crippen LogP contribution in [0.3, 0.4) is 0 Å². The SMILES string of the molecule is CC(C)Cn1cc(CNCCCCO)cn1.Cl. The lowest BCUT2D eigenvalue weighted by Gasteiger charge is -2.04. The molecule has 100 valence electrons. The quantitative estimate of drug-likeness (QED) is 0.702. The molecule has 1 aromatic rings. The Morgan fingerprint density at radius 2 is 2.18 bits per heavy atom. The van der Waals surface area contributed by atoms with Crippen LogP contribution < -0.4 is 5.32 Å². The predicted molar refractivity (Wildman–Crippen MR) is 72.3 cm³/mol. The molecule has 1 heterocycles. The van der Waals surface area contributed by atoms with E-state index in [2.05, 4.69) is 30.5 Å². The van der Waals surface area contributed by atoms with E-state index < -0.39 is 0 Å². The number of halogens is 1. The summed E-state index contributed by atoms with van der Waals surface area (Å²) in [6.45, 7) is 7.46. The van der Waals surface area contributed by atoms with Crippen molar-refractivity contribution in [2.75, 3.05) is 13.2 Å². The Morgan fingerprint density at radius 1 is 1.41 bits per heavy atom. The van der Waals surface area contributed by atoms with Crippen LogP contribution in [0.15, 0.2) is 12.4 Å². The van der Waals surface area contributed by atoms with Crippen LogP contribution in [0, 0.1) is 5.92 Å². The zero-order valence-electron chi connectivity index (χ0n) is 10.7. The maximum absolute atomic E-state index is 8.63. The molecule has 0 radical (unpaired) electrons. The summed E-state index contributed by atoms with van der Waals surface area (Å²) < 4.78 is 2.00. The topological polar surface area (TPSA) is 50.1 Å². The Kier molecular flexibility index (Phi) is 9.13. The highest BCUT2D eigenvalue weighted by Crippen LogP contribution is 2.01. The fraction of sp³-hybridized carbons (Fsp3) is 0.750. The van der Waals surface area contributed by atoms with Gasteiger partial charge in [0, 0.05) is 31.5 Å². The van der Waals surface area contributed by atoms with Gasteiger partial charge in [0.2, 0.25) is 0 Å². The summed E-state index contributed by atoms with van der Waals surface area (Å²) in [7, 11) is 0. The van der Waals surface area contributed by atoms with Crippen LogP contribution in [0.5, 0.6) is 0 Å². The van der Waals surface area contributed by atoms with Crippen molar-refractivity contribution < 1.29 is 5.11 Å². The molecule has 0 aromatic carbocycles. The standard InChI is InChI=1S/C12H23N3O.ClH/c1-11(2)9-15-10-12(8-14-15)7-13-5-3-4-6-16;/h8,10-11,13,16H,3-7,9H2,1-2H3;1H. The fourth-order valence-electron chi connectivity index (χ4n) is 1.57. The third-order valence-corrected chi connectivity index (χ3v) is 2.33. The van der Waals surface area contributed by atoms with E-state index in [0.29, 0.717) is 5.92 Å². The number of rotatable bonds is 8. The van der Waals surface area contributed by atoms with Crippen LogP contribution in [-0.4, -0.2) is 28.0 Å². The van der Waals surface area contributed by atoms with E-state index in [1.165, 1.54) is 5.56 Å². The molecule has 17 heavy (non-hydrogen) atoms. The van der Waals surface area contributed by atoms with Gasteiger partial charge in [-0.1, -0.05) is 13.8 Å². The van der Waals surface area contributed by atoms with E-state index in [4.69, 9.17) is 5.11 Å². The molecule has 0 aliphatic carbocycles. The Balaban J connectivity index is 0.00000256. The van der Waals surface area contributed by atoms with Gasteiger partial charge in [-0.15, -0.1) is 12.4 Å². The van der Waals surface area contributed by atoms with Gasteiger partial charge in [0.15, 0.2) is 0 Å². The maximum Gasteiger partial charge on any atom is 0.0534 e. The summed E-state index contributed by atoms with van der Waals surface area (Å²) in [6.07, 6.45) is 5.91. The van der Waals surface area contributed by atoms with Gasteiger partial charge in [-0.25, -0.2) is 0 Å². The van der Waals surface area contributed by atoms with Crippen LogP contribution >= 0.6 is 12.4 Å². The van der Waals surface area contributed by atoms with Crippen molar-refractivity contribution in [3.8, 4) is 0 Å². The lowest BCUT2D eigenvalue weighted by molar-refractivity contribution is 0.283. The Labute approximate surface area is 110 Å². The molecule has 2 N–H and O–H groups in total. The number of hydrogen-bond donors (Lipinski definition) is 2. The Morgan fingerprint density at radius 3 is 2.82 bits per heavy atom. The molecule has 0 fully saturated rings. The molecule has 4 nitrogen and oxygen atoms in total. The first-order valence-electron chi connectivity index (χ1n) is 6.05. The second-order valence-electron chi connectivity index (χ2n) is 4.57. The van der Waals surface area contributed by atoms with Gasteiger partial charge >= 0.3 is 0 Å². The molecule has 0 spiro atoms. The van der Waals surface area contributed by atoms with Crippen molar-refractivity contribution in [3.05, 3.63) is 18.0 Å². The minimum absolute atomic E-state index is 0. The fourth-order valence-corrected chi connectivity index (χ4v) is 1.57. The van der Waals surface area contributed by atoms with E-state index in [0.717, 1.165) is 32.5 Å². The van der Waals surface area contributed by atoms with Gasteiger partial charge in [0.05, 0.1) is 6.20 Å². The molecule has 0 saturated heterocycles. The molecular formula is C12H24ClN3O. The summed E-state index contributed by atoms with van der Waals surface area (Å²) in [5, 5.41) is 16.3. The average molecular weight is 262 g/mol. The molecular weight excluding hydrogens is 238 g/mol. The zero-order valence-corrected chi connectivity index (χ0v) is 11.5. The van der Waals surface area contributed by atoms with Gasteiger partial charge in [-0.2, -0.15) is 5.10 Å². The van der Waals surface area contributed by atoms with E-state index in [1.807, 2.05) is 10.9 Å². The van der Waals surface area contributed by atoms with Gasteiger partial charge in [0.1, 0.15) is 0 Å². The molecule has 0 saturated carbocycles. The van der Waals surface area contributed by atoms with E-state index in [1.54, 1.807) is 0 Å². The highest BCUT2D eigenvalue weighted by Gasteiger charge is 2.00. The molecule has 0 aliphatic heterocycles. The molecule has 0 amide bonds. The number of aliphatic hydroxyl groups is 1.